The molecular weight excluding hydrogens is 394 g/mol. The summed E-state index contributed by atoms with van der Waals surface area (Å²) >= 11 is 1.26. The third-order valence-electron chi connectivity index (χ3n) is 3.84. The van der Waals surface area contributed by atoms with E-state index in [0.29, 0.717) is 39.3 Å². The molecule has 0 bridgehead atoms. The quantitative estimate of drug-likeness (QED) is 0.552. The summed E-state index contributed by atoms with van der Waals surface area (Å²) < 4.78 is 15.4. The molecule has 0 aliphatic rings. The van der Waals surface area contributed by atoms with Crippen LogP contribution in [-0.4, -0.2) is 37.3 Å². The molecule has 9 heteroatoms. The molecule has 2 heterocycles. The van der Waals surface area contributed by atoms with E-state index in [4.69, 9.17) is 13.9 Å². The number of rotatable bonds is 7. The maximum Gasteiger partial charge on any atom is 0.411 e. The van der Waals surface area contributed by atoms with E-state index >= 15 is 0 Å². The van der Waals surface area contributed by atoms with Crippen molar-refractivity contribution in [2.24, 2.45) is 0 Å². The molecule has 0 unspecified atom stereocenters. The van der Waals surface area contributed by atoms with Gasteiger partial charge in [-0.15, -0.1) is 11.3 Å². The van der Waals surface area contributed by atoms with Gasteiger partial charge in [0.05, 0.1) is 12.3 Å². The van der Waals surface area contributed by atoms with Gasteiger partial charge in [0.2, 0.25) is 0 Å². The molecule has 0 spiro atoms. The maximum absolute atomic E-state index is 12.7. The van der Waals surface area contributed by atoms with Gasteiger partial charge in [-0.3, -0.25) is 10.1 Å². The van der Waals surface area contributed by atoms with Crippen molar-refractivity contribution in [3.63, 3.8) is 0 Å². The van der Waals surface area contributed by atoms with E-state index in [9.17, 15) is 9.59 Å². The molecule has 2 N–H and O–H groups in total. The molecule has 152 valence electrons. The van der Waals surface area contributed by atoms with E-state index < -0.39 is 6.09 Å². The molecule has 0 radical (unpaired) electrons. The first-order chi connectivity index (χ1) is 14.0. The zero-order valence-electron chi connectivity index (χ0n) is 16.3. The fraction of sp³-hybridized carbons (Fsp3) is 0.250. The van der Waals surface area contributed by atoms with Crippen LogP contribution in [0.2, 0.25) is 0 Å². The zero-order chi connectivity index (χ0) is 20.8. The monoisotopic (exact) mass is 415 g/mol. The van der Waals surface area contributed by atoms with Gasteiger partial charge >= 0.3 is 6.09 Å². The summed E-state index contributed by atoms with van der Waals surface area (Å²) in [5.74, 6) is 1.13. The van der Waals surface area contributed by atoms with Gasteiger partial charge in [0.15, 0.2) is 10.8 Å². The number of carbonyl (C=O) groups excluding carboxylic acids is 2. The van der Waals surface area contributed by atoms with Gasteiger partial charge in [-0.05, 0) is 44.2 Å². The molecule has 0 atom stereocenters. The van der Waals surface area contributed by atoms with E-state index in [0.717, 1.165) is 5.76 Å². The number of nitrogens with zero attached hydrogens (tertiary/aromatic N) is 1. The predicted octanol–water partition coefficient (Wildman–Crippen LogP) is 4.47. The number of hydrogen-bond donors (Lipinski definition) is 2. The first kappa shape index (κ1) is 20.6. The first-order valence-electron chi connectivity index (χ1n) is 8.84. The van der Waals surface area contributed by atoms with Crippen molar-refractivity contribution in [3.05, 3.63) is 52.7 Å². The van der Waals surface area contributed by atoms with Crippen LogP contribution < -0.4 is 10.6 Å². The third-order valence-corrected chi connectivity index (χ3v) is 5.01. The second-order valence-electron chi connectivity index (χ2n) is 6.13. The second-order valence-corrected chi connectivity index (χ2v) is 7.13. The minimum atomic E-state index is -0.595. The second kappa shape index (κ2) is 9.35. The Balaban J connectivity index is 1.66. The largest absolute Gasteiger partial charge is 0.459 e. The Labute approximate surface area is 171 Å². The zero-order valence-corrected chi connectivity index (χ0v) is 17.1. The molecule has 1 aromatic carbocycles. The Hall–Kier alpha value is -3.17. The number of anilines is 2. The third kappa shape index (κ3) is 5.43. The van der Waals surface area contributed by atoms with Crippen LogP contribution in [0, 0.1) is 13.8 Å². The number of nitrogens with one attached hydrogen (secondary N) is 2. The number of methoxy groups -OCH3 is 1. The van der Waals surface area contributed by atoms with E-state index in [2.05, 4.69) is 15.6 Å². The number of aryl methyl sites for hydroxylation is 2. The molecule has 29 heavy (non-hydrogen) atoms. The number of aromatic nitrogens is 1. The summed E-state index contributed by atoms with van der Waals surface area (Å²) in [5, 5.41) is 6.08. The minimum absolute atomic E-state index is 0.154. The van der Waals surface area contributed by atoms with E-state index in [-0.39, 0.29) is 12.5 Å². The van der Waals surface area contributed by atoms with Crippen molar-refractivity contribution in [2.45, 2.75) is 13.8 Å². The molecule has 8 nitrogen and oxygen atoms in total. The van der Waals surface area contributed by atoms with Gasteiger partial charge in [-0.2, -0.15) is 0 Å². The summed E-state index contributed by atoms with van der Waals surface area (Å²) in [5.41, 5.74) is 1.65. The average molecular weight is 415 g/mol. The number of benzene rings is 1. The molecule has 2 amide bonds. The van der Waals surface area contributed by atoms with Gasteiger partial charge in [0.1, 0.15) is 17.2 Å². The standard InChI is InChI=1S/C20H21N3O5S/c1-12-7-8-16(28-12)19-21-13(2)17(29-19)18(24)22-14-5-4-6-15(11-14)23-20(25)27-10-9-26-3/h4-8,11H,9-10H2,1-3H3,(H,22,24)(H,23,25). The van der Waals surface area contributed by atoms with E-state index in [1.54, 1.807) is 31.2 Å². The molecule has 0 saturated heterocycles. The lowest BCUT2D eigenvalue weighted by Crippen LogP contribution is -2.16. The lowest BCUT2D eigenvalue weighted by molar-refractivity contribution is 0.102. The van der Waals surface area contributed by atoms with Gasteiger partial charge in [-0.1, -0.05) is 6.07 Å². The smallest absolute Gasteiger partial charge is 0.411 e. The molecule has 0 aliphatic carbocycles. The Morgan fingerprint density at radius 1 is 1.10 bits per heavy atom. The number of carbonyl (C=O) groups is 2. The average Bonchev–Trinajstić information content (AvgIpc) is 3.28. The summed E-state index contributed by atoms with van der Waals surface area (Å²) in [6.45, 7) is 4.10. The number of furan rings is 1. The van der Waals surface area contributed by atoms with Crippen LogP contribution in [0.1, 0.15) is 21.1 Å². The first-order valence-corrected chi connectivity index (χ1v) is 9.66. The number of hydrogen-bond acceptors (Lipinski definition) is 7. The Kier molecular flexibility index (Phi) is 6.63. The molecule has 0 fully saturated rings. The van der Waals surface area contributed by atoms with Gasteiger partial charge in [0, 0.05) is 18.5 Å². The highest BCUT2D eigenvalue weighted by molar-refractivity contribution is 7.17. The topological polar surface area (TPSA) is 103 Å². The fourth-order valence-electron chi connectivity index (χ4n) is 2.50. The lowest BCUT2D eigenvalue weighted by Gasteiger charge is -2.09. The van der Waals surface area contributed by atoms with Crippen LogP contribution in [0.25, 0.3) is 10.8 Å². The predicted molar refractivity (Wildman–Crippen MR) is 111 cm³/mol. The van der Waals surface area contributed by atoms with Gasteiger partial charge in [0.25, 0.3) is 5.91 Å². The van der Waals surface area contributed by atoms with Crippen LogP contribution in [0.3, 0.4) is 0 Å². The van der Waals surface area contributed by atoms with Crippen LogP contribution >= 0.6 is 11.3 Å². The highest BCUT2D eigenvalue weighted by Gasteiger charge is 2.18. The normalized spacial score (nSPS) is 10.6. The van der Waals surface area contributed by atoms with Gasteiger partial charge in [-0.25, -0.2) is 9.78 Å². The Bertz CT molecular complexity index is 1010. The number of thiazole rings is 1. The Morgan fingerprint density at radius 2 is 1.86 bits per heavy atom. The highest BCUT2D eigenvalue weighted by Crippen LogP contribution is 2.30. The maximum atomic E-state index is 12.7. The fourth-order valence-corrected chi connectivity index (χ4v) is 3.42. The summed E-state index contributed by atoms with van der Waals surface area (Å²) in [4.78, 5) is 29.4. The minimum Gasteiger partial charge on any atom is -0.459 e. The van der Waals surface area contributed by atoms with E-state index in [1.165, 1.54) is 18.4 Å². The van der Waals surface area contributed by atoms with E-state index in [1.807, 2.05) is 19.1 Å². The van der Waals surface area contributed by atoms with Crippen molar-refractivity contribution in [1.29, 1.82) is 0 Å². The van der Waals surface area contributed by atoms with Crippen LogP contribution in [0.5, 0.6) is 0 Å². The van der Waals surface area contributed by atoms with Crippen LogP contribution in [-0.2, 0) is 9.47 Å². The molecule has 2 aromatic heterocycles. The molecular formula is C20H21N3O5S. The van der Waals surface area contributed by atoms with Crippen molar-refractivity contribution >= 4 is 34.7 Å². The Morgan fingerprint density at radius 3 is 2.55 bits per heavy atom. The summed E-state index contributed by atoms with van der Waals surface area (Å²) in [6, 6.07) is 10.5. The number of amides is 2. The molecule has 0 saturated carbocycles. The van der Waals surface area contributed by atoms with Crippen molar-refractivity contribution in [2.75, 3.05) is 31.0 Å². The lowest BCUT2D eigenvalue weighted by atomic mass is 10.2. The van der Waals surface area contributed by atoms with Crippen molar-refractivity contribution in [3.8, 4) is 10.8 Å². The van der Waals surface area contributed by atoms with Crippen molar-refractivity contribution < 1.29 is 23.5 Å². The SMILES string of the molecule is COCCOC(=O)Nc1cccc(NC(=O)c2sc(-c3ccc(C)o3)nc2C)c1. The highest BCUT2D eigenvalue weighted by atomic mass is 32.1. The molecule has 0 aliphatic heterocycles. The summed E-state index contributed by atoms with van der Waals surface area (Å²) in [6.07, 6.45) is -0.595. The molecule has 3 rings (SSSR count). The van der Waals surface area contributed by atoms with Crippen LogP contribution in [0.4, 0.5) is 16.2 Å². The summed E-state index contributed by atoms with van der Waals surface area (Å²) in [7, 11) is 1.52. The number of ether oxygens (including phenoxy) is 2. The van der Waals surface area contributed by atoms with Crippen molar-refractivity contribution in [1.82, 2.24) is 4.98 Å². The van der Waals surface area contributed by atoms with Crippen LogP contribution in [0.15, 0.2) is 40.8 Å². The van der Waals surface area contributed by atoms with Gasteiger partial charge < -0.3 is 19.2 Å². The molecule has 3 aromatic rings.